The number of ketones is 1. The molecule has 158 valence electrons. The van der Waals surface area contributed by atoms with Gasteiger partial charge in [0.1, 0.15) is 17.1 Å². The van der Waals surface area contributed by atoms with Crippen molar-refractivity contribution in [3.05, 3.63) is 57.6 Å². The lowest BCUT2D eigenvalue weighted by atomic mass is 9.81. The number of amides is 1. The van der Waals surface area contributed by atoms with Crippen molar-refractivity contribution in [2.75, 3.05) is 19.7 Å². The maximum absolute atomic E-state index is 12.9. The van der Waals surface area contributed by atoms with Gasteiger partial charge in [0.05, 0.1) is 12.0 Å². The van der Waals surface area contributed by atoms with Crippen LogP contribution in [0.1, 0.15) is 46.3 Å². The van der Waals surface area contributed by atoms with Gasteiger partial charge in [0.2, 0.25) is 0 Å². The Morgan fingerprint density at radius 2 is 1.93 bits per heavy atom. The Bertz CT molecular complexity index is 1010. The zero-order valence-corrected chi connectivity index (χ0v) is 18.3. The Hall–Kier alpha value is -2.53. The number of aryl methyl sites for hydroxylation is 2. The highest BCUT2D eigenvalue weighted by Crippen LogP contribution is 2.43. The molecule has 1 saturated heterocycles. The van der Waals surface area contributed by atoms with Gasteiger partial charge in [-0.2, -0.15) is 0 Å². The van der Waals surface area contributed by atoms with Gasteiger partial charge in [0.15, 0.2) is 12.4 Å². The molecule has 0 atom stereocenters. The molecule has 1 amide bonds. The first-order valence-corrected chi connectivity index (χ1v) is 10.6. The maximum atomic E-state index is 12.9. The first-order chi connectivity index (χ1) is 14.3. The van der Waals surface area contributed by atoms with Crippen LogP contribution in [-0.2, 0) is 4.79 Å². The highest BCUT2D eigenvalue weighted by molar-refractivity contribution is 6.32. The van der Waals surface area contributed by atoms with E-state index in [2.05, 4.69) is 0 Å². The van der Waals surface area contributed by atoms with Gasteiger partial charge < -0.3 is 14.4 Å². The summed E-state index contributed by atoms with van der Waals surface area (Å²) < 4.78 is 12.0. The van der Waals surface area contributed by atoms with E-state index in [9.17, 15) is 9.59 Å². The number of ether oxygens (including phenoxy) is 2. The maximum Gasteiger partial charge on any atom is 0.260 e. The summed E-state index contributed by atoms with van der Waals surface area (Å²) in [4.78, 5) is 27.3. The standard InChI is InChI=1S/C24H26ClNO4/c1-15-5-4-6-18(11-15)29-14-21(28)26-9-7-24(8-10-26)13-19(27)22-17(3)23(25)16(2)12-20(22)30-24/h4-6,11-12H,7-10,13-14H2,1-3H3. The van der Waals surface area contributed by atoms with Crippen LogP contribution < -0.4 is 9.47 Å². The van der Waals surface area contributed by atoms with E-state index in [0.29, 0.717) is 54.4 Å². The Morgan fingerprint density at radius 3 is 2.63 bits per heavy atom. The molecule has 2 aliphatic rings. The molecule has 0 saturated carbocycles. The highest BCUT2D eigenvalue weighted by atomic mass is 35.5. The second kappa shape index (κ2) is 7.95. The fraction of sp³-hybridized carbons (Fsp3) is 0.417. The van der Waals surface area contributed by atoms with E-state index in [4.69, 9.17) is 21.1 Å². The zero-order chi connectivity index (χ0) is 21.5. The number of rotatable bonds is 3. The quantitative estimate of drug-likeness (QED) is 0.714. The first-order valence-electron chi connectivity index (χ1n) is 10.3. The zero-order valence-electron chi connectivity index (χ0n) is 17.6. The summed E-state index contributed by atoms with van der Waals surface area (Å²) in [7, 11) is 0. The van der Waals surface area contributed by atoms with Gasteiger partial charge in [-0.05, 0) is 55.7 Å². The fourth-order valence-electron chi connectivity index (χ4n) is 4.38. The summed E-state index contributed by atoms with van der Waals surface area (Å²) in [5.41, 5.74) is 2.82. The molecular formula is C24H26ClNO4. The Morgan fingerprint density at radius 1 is 1.20 bits per heavy atom. The Labute approximate surface area is 181 Å². The molecule has 0 N–H and O–H groups in total. The number of carbonyl (C=O) groups excluding carboxylic acids is 2. The molecule has 0 aliphatic carbocycles. The molecule has 1 fully saturated rings. The minimum absolute atomic E-state index is 0.00988. The number of Topliss-reactive ketones (excluding diaryl/α,β-unsaturated/α-hetero) is 1. The normalized spacial score (nSPS) is 17.5. The van der Waals surface area contributed by atoms with Crippen LogP contribution in [0.4, 0.5) is 0 Å². The van der Waals surface area contributed by atoms with E-state index < -0.39 is 5.60 Å². The van der Waals surface area contributed by atoms with Gasteiger partial charge in [-0.1, -0.05) is 23.7 Å². The lowest BCUT2D eigenvalue weighted by Crippen LogP contribution is -2.53. The van der Waals surface area contributed by atoms with E-state index in [1.54, 1.807) is 4.90 Å². The molecular weight excluding hydrogens is 402 g/mol. The number of hydrogen-bond donors (Lipinski definition) is 0. The molecule has 2 aromatic carbocycles. The van der Waals surface area contributed by atoms with Crippen molar-refractivity contribution in [3.8, 4) is 11.5 Å². The molecule has 1 spiro atoms. The van der Waals surface area contributed by atoms with E-state index in [-0.39, 0.29) is 18.3 Å². The van der Waals surface area contributed by atoms with E-state index in [1.807, 2.05) is 51.1 Å². The Balaban J connectivity index is 1.40. The molecule has 4 rings (SSSR count). The average Bonchev–Trinajstić information content (AvgIpc) is 2.70. The number of carbonyl (C=O) groups is 2. The summed E-state index contributed by atoms with van der Waals surface area (Å²) >= 11 is 6.33. The second-order valence-electron chi connectivity index (χ2n) is 8.38. The third kappa shape index (κ3) is 3.91. The van der Waals surface area contributed by atoms with Crippen molar-refractivity contribution < 1.29 is 19.1 Å². The van der Waals surface area contributed by atoms with E-state index in [0.717, 1.165) is 16.7 Å². The van der Waals surface area contributed by atoms with Crippen LogP contribution in [0.2, 0.25) is 5.02 Å². The monoisotopic (exact) mass is 427 g/mol. The van der Waals surface area contributed by atoms with Crippen molar-refractivity contribution in [2.45, 2.75) is 45.6 Å². The SMILES string of the molecule is Cc1cccc(OCC(=O)N2CCC3(CC2)CC(=O)c2c(cc(C)c(Cl)c2C)O3)c1. The van der Waals surface area contributed by atoms with Gasteiger partial charge in [-0.15, -0.1) is 0 Å². The van der Waals surface area contributed by atoms with Gasteiger partial charge in [0, 0.05) is 31.0 Å². The lowest BCUT2D eigenvalue weighted by Gasteiger charge is -2.44. The first kappa shape index (κ1) is 20.7. The van der Waals surface area contributed by atoms with Crippen LogP contribution in [-0.4, -0.2) is 41.9 Å². The van der Waals surface area contributed by atoms with Crippen molar-refractivity contribution >= 4 is 23.3 Å². The number of hydrogen-bond acceptors (Lipinski definition) is 4. The molecule has 2 aromatic rings. The summed E-state index contributed by atoms with van der Waals surface area (Å²) in [6.07, 6.45) is 1.56. The predicted octanol–water partition coefficient (Wildman–Crippen LogP) is 4.67. The van der Waals surface area contributed by atoms with Gasteiger partial charge in [-0.3, -0.25) is 9.59 Å². The number of benzene rings is 2. The molecule has 2 aliphatic heterocycles. The molecule has 0 bridgehead atoms. The molecule has 6 heteroatoms. The predicted molar refractivity (Wildman–Crippen MR) is 116 cm³/mol. The van der Waals surface area contributed by atoms with Crippen molar-refractivity contribution in [1.29, 1.82) is 0 Å². The van der Waals surface area contributed by atoms with Gasteiger partial charge in [-0.25, -0.2) is 0 Å². The van der Waals surface area contributed by atoms with Crippen LogP contribution in [0, 0.1) is 20.8 Å². The second-order valence-corrected chi connectivity index (χ2v) is 8.75. The number of nitrogens with zero attached hydrogens (tertiary/aromatic N) is 1. The molecule has 0 aromatic heterocycles. The van der Waals surface area contributed by atoms with Gasteiger partial charge >= 0.3 is 0 Å². The van der Waals surface area contributed by atoms with Crippen molar-refractivity contribution in [3.63, 3.8) is 0 Å². The van der Waals surface area contributed by atoms with Crippen molar-refractivity contribution in [2.24, 2.45) is 0 Å². The minimum atomic E-state index is -0.551. The number of piperidine rings is 1. The van der Waals surface area contributed by atoms with Crippen LogP contribution in [0.15, 0.2) is 30.3 Å². The number of likely N-dealkylation sites (tertiary alicyclic amines) is 1. The third-order valence-corrected chi connectivity index (χ3v) is 6.69. The number of halogens is 1. The Kier molecular flexibility index (Phi) is 5.49. The molecule has 5 nitrogen and oxygen atoms in total. The summed E-state index contributed by atoms with van der Waals surface area (Å²) in [5.74, 6) is 1.33. The van der Waals surface area contributed by atoms with Crippen molar-refractivity contribution in [1.82, 2.24) is 4.90 Å². The largest absolute Gasteiger partial charge is 0.486 e. The average molecular weight is 428 g/mol. The number of fused-ring (bicyclic) bond motifs is 1. The van der Waals surface area contributed by atoms with Crippen LogP contribution in [0.3, 0.4) is 0 Å². The fourth-order valence-corrected chi connectivity index (χ4v) is 4.53. The van der Waals surface area contributed by atoms with E-state index in [1.165, 1.54) is 0 Å². The smallest absolute Gasteiger partial charge is 0.260 e. The minimum Gasteiger partial charge on any atom is -0.486 e. The summed E-state index contributed by atoms with van der Waals surface area (Å²) in [6.45, 7) is 6.87. The molecule has 0 unspecified atom stereocenters. The van der Waals surface area contributed by atoms with Gasteiger partial charge in [0.25, 0.3) is 5.91 Å². The molecule has 0 radical (unpaired) electrons. The molecule has 30 heavy (non-hydrogen) atoms. The van der Waals surface area contributed by atoms with Crippen LogP contribution in [0.25, 0.3) is 0 Å². The van der Waals surface area contributed by atoms with Crippen LogP contribution in [0.5, 0.6) is 11.5 Å². The summed E-state index contributed by atoms with van der Waals surface area (Å²) in [5, 5.41) is 0.621. The van der Waals surface area contributed by atoms with Crippen LogP contribution >= 0.6 is 11.6 Å². The lowest BCUT2D eigenvalue weighted by molar-refractivity contribution is -0.136. The van der Waals surface area contributed by atoms with E-state index >= 15 is 0 Å². The highest BCUT2D eigenvalue weighted by Gasteiger charge is 2.44. The molecule has 2 heterocycles. The summed E-state index contributed by atoms with van der Waals surface area (Å²) in [6, 6.07) is 9.51. The third-order valence-electron chi connectivity index (χ3n) is 6.11. The topological polar surface area (TPSA) is 55.8 Å².